The molecule has 2 heterocycles. The van der Waals surface area contributed by atoms with Crippen molar-refractivity contribution in [1.29, 1.82) is 0 Å². The monoisotopic (exact) mass is 363 g/mol. The average molecular weight is 363 g/mol. The number of amides is 1. The van der Waals surface area contributed by atoms with Crippen LogP contribution in [0.2, 0.25) is 0 Å². The molecule has 0 radical (unpaired) electrons. The molecular formula is C21H21N3O3. The number of ether oxygens (including phenoxy) is 2. The minimum atomic E-state index is -0.140. The van der Waals surface area contributed by atoms with E-state index >= 15 is 0 Å². The summed E-state index contributed by atoms with van der Waals surface area (Å²) < 4.78 is 13.1. The van der Waals surface area contributed by atoms with Crippen LogP contribution >= 0.6 is 0 Å². The Kier molecular flexibility index (Phi) is 4.78. The number of nitrogens with zero attached hydrogens (tertiary/aromatic N) is 2. The van der Waals surface area contributed by atoms with Gasteiger partial charge in [0.2, 0.25) is 0 Å². The molecule has 0 bridgehead atoms. The van der Waals surface area contributed by atoms with Crippen LogP contribution in [0.15, 0.2) is 61.2 Å². The van der Waals surface area contributed by atoms with Crippen molar-refractivity contribution >= 4 is 5.91 Å². The first-order chi connectivity index (χ1) is 13.2. The minimum Gasteiger partial charge on any atom is -0.486 e. The van der Waals surface area contributed by atoms with Crippen LogP contribution in [0.1, 0.15) is 34.5 Å². The van der Waals surface area contributed by atoms with Gasteiger partial charge in [-0.1, -0.05) is 18.2 Å². The lowest BCUT2D eigenvalue weighted by Gasteiger charge is -2.21. The zero-order valence-electron chi connectivity index (χ0n) is 15.1. The molecule has 138 valence electrons. The second-order valence-electron chi connectivity index (χ2n) is 6.53. The SMILES string of the molecule is CC(NC(=O)c1ccc(Cn2ccnc2)cc1)c1ccc2c(c1)OCCO2. The van der Waals surface area contributed by atoms with Crippen LogP contribution in [-0.4, -0.2) is 28.7 Å². The van der Waals surface area contributed by atoms with Crippen LogP contribution in [0.5, 0.6) is 11.5 Å². The normalized spacial score (nSPS) is 13.8. The van der Waals surface area contributed by atoms with Gasteiger partial charge in [-0.3, -0.25) is 4.79 Å². The van der Waals surface area contributed by atoms with E-state index in [-0.39, 0.29) is 11.9 Å². The van der Waals surface area contributed by atoms with E-state index in [2.05, 4.69) is 10.3 Å². The highest BCUT2D eigenvalue weighted by molar-refractivity contribution is 5.94. The maximum Gasteiger partial charge on any atom is 0.251 e. The molecule has 0 fully saturated rings. The minimum absolute atomic E-state index is 0.105. The number of hydrogen-bond acceptors (Lipinski definition) is 4. The molecule has 3 aromatic rings. The van der Waals surface area contributed by atoms with Crippen molar-refractivity contribution < 1.29 is 14.3 Å². The topological polar surface area (TPSA) is 65.4 Å². The predicted octanol–water partition coefficient (Wildman–Crippen LogP) is 3.19. The third-order valence-electron chi connectivity index (χ3n) is 4.55. The quantitative estimate of drug-likeness (QED) is 0.756. The van der Waals surface area contributed by atoms with Gasteiger partial charge >= 0.3 is 0 Å². The molecule has 1 N–H and O–H groups in total. The maximum atomic E-state index is 12.6. The Morgan fingerprint density at radius 2 is 1.93 bits per heavy atom. The number of aromatic nitrogens is 2. The Morgan fingerprint density at radius 3 is 2.67 bits per heavy atom. The molecule has 6 heteroatoms. The number of benzene rings is 2. The molecule has 2 aromatic carbocycles. The van der Waals surface area contributed by atoms with E-state index in [1.165, 1.54) is 0 Å². The standard InChI is InChI=1S/C21H21N3O3/c1-15(18-6-7-19-20(12-18)27-11-10-26-19)23-21(25)17-4-2-16(3-5-17)13-24-9-8-22-14-24/h2-9,12,14-15H,10-11,13H2,1H3,(H,23,25). The zero-order chi connectivity index (χ0) is 18.6. The Labute approximate surface area is 157 Å². The van der Waals surface area contributed by atoms with Gasteiger partial charge in [0.15, 0.2) is 11.5 Å². The van der Waals surface area contributed by atoms with E-state index < -0.39 is 0 Å². The molecule has 0 saturated carbocycles. The van der Waals surface area contributed by atoms with Gasteiger partial charge in [-0.05, 0) is 42.3 Å². The molecule has 1 aromatic heterocycles. The van der Waals surface area contributed by atoms with Crippen LogP contribution in [0.25, 0.3) is 0 Å². The van der Waals surface area contributed by atoms with Crippen LogP contribution in [0.3, 0.4) is 0 Å². The Bertz CT molecular complexity index is 920. The lowest BCUT2D eigenvalue weighted by Crippen LogP contribution is -2.26. The van der Waals surface area contributed by atoms with Gasteiger partial charge in [-0.25, -0.2) is 4.98 Å². The van der Waals surface area contributed by atoms with Crippen molar-refractivity contribution in [2.24, 2.45) is 0 Å². The van der Waals surface area contributed by atoms with Gasteiger partial charge in [-0.15, -0.1) is 0 Å². The predicted molar refractivity (Wildman–Crippen MR) is 101 cm³/mol. The van der Waals surface area contributed by atoms with Crippen molar-refractivity contribution in [1.82, 2.24) is 14.9 Å². The number of carbonyl (C=O) groups excluding carboxylic acids is 1. The van der Waals surface area contributed by atoms with Crippen LogP contribution < -0.4 is 14.8 Å². The average Bonchev–Trinajstić information content (AvgIpc) is 3.21. The molecule has 1 atom stereocenters. The Balaban J connectivity index is 1.41. The van der Waals surface area contributed by atoms with Gasteiger partial charge in [0.25, 0.3) is 5.91 Å². The molecule has 1 amide bonds. The first-order valence-electron chi connectivity index (χ1n) is 8.94. The number of nitrogens with one attached hydrogen (secondary N) is 1. The number of carbonyl (C=O) groups is 1. The van der Waals surface area contributed by atoms with Crippen molar-refractivity contribution in [2.45, 2.75) is 19.5 Å². The summed E-state index contributed by atoms with van der Waals surface area (Å²) in [5.74, 6) is 1.37. The van der Waals surface area contributed by atoms with Gasteiger partial charge in [0, 0.05) is 24.5 Å². The summed E-state index contributed by atoms with van der Waals surface area (Å²) in [4.78, 5) is 16.6. The molecule has 0 saturated heterocycles. The number of rotatable bonds is 5. The molecule has 1 aliphatic rings. The summed E-state index contributed by atoms with van der Waals surface area (Å²) in [6.45, 7) is 3.80. The Morgan fingerprint density at radius 1 is 1.15 bits per heavy atom. The number of imidazole rings is 1. The van der Waals surface area contributed by atoms with Gasteiger partial charge in [0.1, 0.15) is 13.2 Å². The van der Waals surface area contributed by atoms with Crippen LogP contribution in [-0.2, 0) is 6.54 Å². The molecule has 1 unspecified atom stereocenters. The fourth-order valence-corrected chi connectivity index (χ4v) is 3.05. The molecule has 1 aliphatic heterocycles. The smallest absolute Gasteiger partial charge is 0.251 e. The largest absolute Gasteiger partial charge is 0.486 e. The van der Waals surface area contributed by atoms with Gasteiger partial charge in [-0.2, -0.15) is 0 Å². The third-order valence-corrected chi connectivity index (χ3v) is 4.55. The van der Waals surface area contributed by atoms with Crippen molar-refractivity contribution in [3.05, 3.63) is 77.9 Å². The van der Waals surface area contributed by atoms with Crippen molar-refractivity contribution in [2.75, 3.05) is 13.2 Å². The molecule has 0 spiro atoms. The van der Waals surface area contributed by atoms with E-state index in [0.29, 0.717) is 18.8 Å². The van der Waals surface area contributed by atoms with Gasteiger partial charge < -0.3 is 19.4 Å². The highest BCUT2D eigenvalue weighted by Crippen LogP contribution is 2.32. The summed E-state index contributed by atoms with van der Waals surface area (Å²) >= 11 is 0. The summed E-state index contributed by atoms with van der Waals surface area (Å²) in [7, 11) is 0. The third kappa shape index (κ3) is 3.95. The summed E-state index contributed by atoms with van der Waals surface area (Å²) in [6, 6.07) is 13.2. The molecule has 27 heavy (non-hydrogen) atoms. The Hall–Kier alpha value is -3.28. The first-order valence-corrected chi connectivity index (χ1v) is 8.94. The van der Waals surface area contributed by atoms with E-state index in [9.17, 15) is 4.79 Å². The summed E-state index contributed by atoms with van der Waals surface area (Å²) in [6.07, 6.45) is 5.44. The molecular weight excluding hydrogens is 342 g/mol. The van der Waals surface area contributed by atoms with Crippen molar-refractivity contribution in [3.63, 3.8) is 0 Å². The van der Waals surface area contributed by atoms with E-state index in [1.54, 1.807) is 12.5 Å². The van der Waals surface area contributed by atoms with Crippen molar-refractivity contribution in [3.8, 4) is 11.5 Å². The molecule has 6 nitrogen and oxygen atoms in total. The lowest BCUT2D eigenvalue weighted by molar-refractivity contribution is 0.0939. The van der Waals surface area contributed by atoms with E-state index in [1.807, 2.05) is 60.2 Å². The fourth-order valence-electron chi connectivity index (χ4n) is 3.05. The zero-order valence-corrected chi connectivity index (χ0v) is 15.1. The highest BCUT2D eigenvalue weighted by Gasteiger charge is 2.16. The van der Waals surface area contributed by atoms with Crippen LogP contribution in [0.4, 0.5) is 0 Å². The first kappa shape index (κ1) is 17.1. The molecule has 4 rings (SSSR count). The highest BCUT2D eigenvalue weighted by atomic mass is 16.6. The maximum absolute atomic E-state index is 12.6. The van der Waals surface area contributed by atoms with Gasteiger partial charge in [0.05, 0.1) is 12.4 Å². The van der Waals surface area contributed by atoms with E-state index in [4.69, 9.17) is 9.47 Å². The number of hydrogen-bond donors (Lipinski definition) is 1. The molecule has 0 aliphatic carbocycles. The number of fused-ring (bicyclic) bond motifs is 1. The second kappa shape index (κ2) is 7.53. The van der Waals surface area contributed by atoms with Crippen LogP contribution in [0, 0.1) is 0 Å². The van der Waals surface area contributed by atoms with E-state index in [0.717, 1.165) is 29.2 Å². The fraction of sp³-hybridized carbons (Fsp3) is 0.238. The second-order valence-corrected chi connectivity index (χ2v) is 6.53. The summed E-state index contributed by atoms with van der Waals surface area (Å²) in [5.41, 5.74) is 2.72. The lowest BCUT2D eigenvalue weighted by atomic mass is 10.1. The summed E-state index contributed by atoms with van der Waals surface area (Å²) in [5, 5.41) is 3.03.